The van der Waals surface area contributed by atoms with Crippen molar-refractivity contribution >= 4 is 27.9 Å². The van der Waals surface area contributed by atoms with Crippen molar-refractivity contribution in [3.63, 3.8) is 0 Å². The molecule has 0 saturated heterocycles. The number of hydrogen-bond donors (Lipinski definition) is 1. The van der Waals surface area contributed by atoms with Crippen molar-refractivity contribution in [3.8, 4) is 0 Å². The van der Waals surface area contributed by atoms with Gasteiger partial charge in [0, 0.05) is 6.54 Å². The summed E-state index contributed by atoms with van der Waals surface area (Å²) in [6.07, 6.45) is 0. The van der Waals surface area contributed by atoms with Gasteiger partial charge in [-0.3, -0.25) is 9.69 Å². The lowest BCUT2D eigenvalue weighted by Gasteiger charge is -2.19. The molecule has 0 unspecified atom stereocenters. The highest BCUT2D eigenvalue weighted by Gasteiger charge is 2.17. The maximum absolute atomic E-state index is 11.1. The Morgan fingerprint density at radius 2 is 2.00 bits per heavy atom. The van der Waals surface area contributed by atoms with Gasteiger partial charge in [-0.05, 0) is 5.92 Å². The minimum atomic E-state index is -0.687. The monoisotopic (exact) mass is 236 g/mol. The zero-order valence-electron chi connectivity index (χ0n) is 7.21. The highest BCUT2D eigenvalue weighted by atomic mass is 79.9. The van der Waals surface area contributed by atoms with Crippen molar-refractivity contribution in [3.05, 3.63) is 0 Å². The predicted octanol–water partition coefficient (Wildman–Crippen LogP) is 0.945. The van der Waals surface area contributed by atoms with E-state index in [1.54, 1.807) is 0 Å². The number of hydrogen-bond acceptors (Lipinski definition) is 2. The Balaban J connectivity index is 4.23. The molecule has 0 saturated carbocycles. The smallest absolute Gasteiger partial charge is 0.321 e. The molecule has 0 aromatic carbocycles. The summed E-state index contributed by atoms with van der Waals surface area (Å²) < 4.78 is 0. The number of halogens is 1. The highest BCUT2D eigenvalue weighted by molar-refractivity contribution is 9.09. The molecule has 0 heterocycles. The molecule has 4 nitrogen and oxygen atoms in total. The average molecular weight is 237 g/mol. The fourth-order valence-corrected chi connectivity index (χ4v) is 1.05. The van der Waals surface area contributed by atoms with Crippen LogP contribution < -0.4 is 5.73 Å². The van der Waals surface area contributed by atoms with Gasteiger partial charge in [0.05, 0.1) is 5.33 Å². The molecule has 0 fully saturated rings. The van der Waals surface area contributed by atoms with Crippen molar-refractivity contribution < 1.29 is 9.59 Å². The number of nitrogens with two attached hydrogens (primary N) is 1. The third-order valence-electron chi connectivity index (χ3n) is 1.23. The number of imide groups is 1. The quantitative estimate of drug-likeness (QED) is 0.742. The second-order valence-corrected chi connectivity index (χ2v) is 3.43. The first-order valence-electron chi connectivity index (χ1n) is 3.64. The molecule has 3 amide bonds. The van der Waals surface area contributed by atoms with Crippen LogP contribution in [0.15, 0.2) is 0 Å². The summed E-state index contributed by atoms with van der Waals surface area (Å²) >= 11 is 2.97. The minimum Gasteiger partial charge on any atom is -0.351 e. The van der Waals surface area contributed by atoms with E-state index in [0.29, 0.717) is 6.54 Å². The van der Waals surface area contributed by atoms with Crippen LogP contribution in [-0.2, 0) is 4.79 Å². The molecule has 0 spiro atoms. The number of carbonyl (C=O) groups excluding carboxylic acids is 2. The van der Waals surface area contributed by atoms with Crippen molar-refractivity contribution in [2.45, 2.75) is 13.8 Å². The molecular weight excluding hydrogens is 224 g/mol. The van der Waals surface area contributed by atoms with E-state index in [1.807, 2.05) is 13.8 Å². The summed E-state index contributed by atoms with van der Waals surface area (Å²) in [7, 11) is 0. The SMILES string of the molecule is CC(C)CN(C(N)=O)C(=O)CBr. The molecule has 0 rings (SSSR count). The fraction of sp³-hybridized carbons (Fsp3) is 0.714. The van der Waals surface area contributed by atoms with Crippen LogP contribution in [0, 0.1) is 5.92 Å². The topological polar surface area (TPSA) is 63.4 Å². The molecule has 0 aliphatic carbocycles. The standard InChI is InChI=1S/C7H13BrN2O2/c1-5(2)4-10(7(9)12)6(11)3-8/h5H,3-4H2,1-2H3,(H2,9,12). The van der Waals surface area contributed by atoms with E-state index in [-0.39, 0.29) is 17.2 Å². The number of rotatable bonds is 3. The number of carbonyl (C=O) groups is 2. The van der Waals surface area contributed by atoms with Crippen LogP contribution in [0.4, 0.5) is 4.79 Å². The molecule has 0 aromatic rings. The Morgan fingerprint density at radius 1 is 1.50 bits per heavy atom. The maximum Gasteiger partial charge on any atom is 0.321 e. The molecule has 2 N–H and O–H groups in total. The normalized spacial score (nSPS) is 10.0. The highest BCUT2D eigenvalue weighted by Crippen LogP contribution is 2.00. The molecule has 0 radical (unpaired) electrons. The van der Waals surface area contributed by atoms with Gasteiger partial charge in [-0.2, -0.15) is 0 Å². The van der Waals surface area contributed by atoms with Crippen LogP contribution in [0.5, 0.6) is 0 Å². The number of primary amides is 1. The number of nitrogens with zero attached hydrogens (tertiary/aromatic N) is 1. The molecular formula is C7H13BrN2O2. The lowest BCUT2D eigenvalue weighted by atomic mass is 10.2. The minimum absolute atomic E-state index is 0.128. The van der Waals surface area contributed by atoms with E-state index in [1.165, 1.54) is 0 Å². The van der Waals surface area contributed by atoms with Gasteiger partial charge in [-0.1, -0.05) is 29.8 Å². The third-order valence-corrected chi connectivity index (χ3v) is 1.71. The first kappa shape index (κ1) is 11.4. The molecule has 0 aromatic heterocycles. The second kappa shape index (κ2) is 5.13. The summed E-state index contributed by atoms with van der Waals surface area (Å²) in [6, 6.07) is -0.687. The Kier molecular flexibility index (Phi) is 4.89. The number of amides is 3. The molecule has 12 heavy (non-hydrogen) atoms. The van der Waals surface area contributed by atoms with Crippen LogP contribution >= 0.6 is 15.9 Å². The van der Waals surface area contributed by atoms with Crippen molar-refractivity contribution in [2.24, 2.45) is 11.7 Å². The Hall–Kier alpha value is -0.580. The molecule has 0 atom stereocenters. The van der Waals surface area contributed by atoms with E-state index in [9.17, 15) is 9.59 Å². The summed E-state index contributed by atoms with van der Waals surface area (Å²) in [4.78, 5) is 22.9. The molecule has 0 aliphatic rings. The van der Waals surface area contributed by atoms with Gasteiger partial charge < -0.3 is 5.73 Å². The van der Waals surface area contributed by atoms with Crippen molar-refractivity contribution in [1.29, 1.82) is 0 Å². The van der Waals surface area contributed by atoms with Gasteiger partial charge in [-0.15, -0.1) is 0 Å². The van der Waals surface area contributed by atoms with Gasteiger partial charge >= 0.3 is 6.03 Å². The van der Waals surface area contributed by atoms with Crippen molar-refractivity contribution in [1.82, 2.24) is 4.90 Å². The molecule has 70 valence electrons. The van der Waals surface area contributed by atoms with Gasteiger partial charge in [0.2, 0.25) is 5.91 Å². The number of urea groups is 1. The van der Waals surface area contributed by atoms with Crippen LogP contribution in [0.2, 0.25) is 0 Å². The summed E-state index contributed by atoms with van der Waals surface area (Å²) in [5.74, 6) is -0.0586. The van der Waals surface area contributed by atoms with E-state index in [2.05, 4.69) is 15.9 Å². The Bertz CT molecular complexity index is 182. The lowest BCUT2D eigenvalue weighted by molar-refractivity contribution is -0.125. The van der Waals surface area contributed by atoms with Gasteiger partial charge in [0.1, 0.15) is 0 Å². The maximum atomic E-state index is 11.1. The van der Waals surface area contributed by atoms with Crippen LogP contribution in [0.1, 0.15) is 13.8 Å². The fourth-order valence-electron chi connectivity index (χ4n) is 0.752. The first-order valence-corrected chi connectivity index (χ1v) is 4.77. The largest absolute Gasteiger partial charge is 0.351 e. The average Bonchev–Trinajstić information content (AvgIpc) is 1.98. The van der Waals surface area contributed by atoms with E-state index in [0.717, 1.165) is 4.90 Å². The second-order valence-electron chi connectivity index (χ2n) is 2.87. The molecule has 0 aliphatic heterocycles. The van der Waals surface area contributed by atoms with E-state index >= 15 is 0 Å². The molecule has 0 bridgehead atoms. The zero-order chi connectivity index (χ0) is 9.72. The summed E-state index contributed by atoms with van der Waals surface area (Å²) in [6.45, 7) is 4.20. The van der Waals surface area contributed by atoms with Crippen molar-refractivity contribution in [2.75, 3.05) is 11.9 Å². The van der Waals surface area contributed by atoms with Gasteiger partial charge in [0.25, 0.3) is 0 Å². The van der Waals surface area contributed by atoms with Gasteiger partial charge in [-0.25, -0.2) is 4.79 Å². The zero-order valence-corrected chi connectivity index (χ0v) is 8.80. The summed E-state index contributed by atoms with van der Waals surface area (Å²) in [5, 5.41) is 0.128. The predicted molar refractivity (Wildman–Crippen MR) is 49.9 cm³/mol. The molecule has 5 heteroatoms. The van der Waals surface area contributed by atoms with Gasteiger partial charge in [0.15, 0.2) is 0 Å². The lowest BCUT2D eigenvalue weighted by Crippen LogP contribution is -2.43. The van der Waals surface area contributed by atoms with E-state index < -0.39 is 6.03 Å². The Labute approximate surface area is 80.2 Å². The Morgan fingerprint density at radius 3 is 2.25 bits per heavy atom. The van der Waals surface area contributed by atoms with Crippen LogP contribution in [0.3, 0.4) is 0 Å². The van der Waals surface area contributed by atoms with Crippen LogP contribution in [-0.4, -0.2) is 28.7 Å². The van der Waals surface area contributed by atoms with Crippen LogP contribution in [0.25, 0.3) is 0 Å². The van der Waals surface area contributed by atoms with E-state index in [4.69, 9.17) is 5.73 Å². The third kappa shape index (κ3) is 3.71. The summed E-state index contributed by atoms with van der Waals surface area (Å²) in [5.41, 5.74) is 5.01. The first-order chi connectivity index (χ1) is 5.49. The number of alkyl halides is 1.